The minimum Gasteiger partial charge on any atom is -0.395 e. The van der Waals surface area contributed by atoms with Gasteiger partial charge in [0.25, 0.3) is 0 Å². The zero-order chi connectivity index (χ0) is 13.0. The van der Waals surface area contributed by atoms with Gasteiger partial charge in [-0.1, -0.05) is 30.7 Å². The molecule has 0 bridgehead atoms. The Morgan fingerprint density at radius 1 is 1.22 bits per heavy atom. The number of benzene rings is 1. The second-order valence-corrected chi connectivity index (χ2v) is 5.20. The normalized spacial score (nSPS) is 14.2. The standard InChI is InChI=1S/C15H16ClNO/c1-15(11-18,10-12-5-7-17-8-6-12)13-3-2-4-14(16)9-13/h2-9,18H,10-11H2,1H3. The summed E-state index contributed by atoms with van der Waals surface area (Å²) >= 11 is 6.02. The summed E-state index contributed by atoms with van der Waals surface area (Å²) in [4.78, 5) is 4.00. The van der Waals surface area contributed by atoms with Crippen molar-refractivity contribution in [3.05, 3.63) is 64.9 Å². The van der Waals surface area contributed by atoms with Crippen LogP contribution in [0.2, 0.25) is 5.02 Å². The number of halogens is 1. The Balaban J connectivity index is 2.31. The number of hydrogen-bond donors (Lipinski definition) is 1. The van der Waals surface area contributed by atoms with E-state index in [1.807, 2.05) is 43.3 Å². The van der Waals surface area contributed by atoms with Gasteiger partial charge in [0.05, 0.1) is 6.61 Å². The molecule has 2 aromatic rings. The molecule has 1 heterocycles. The molecule has 0 aliphatic heterocycles. The molecule has 0 amide bonds. The van der Waals surface area contributed by atoms with E-state index in [-0.39, 0.29) is 12.0 Å². The second kappa shape index (κ2) is 5.51. The quantitative estimate of drug-likeness (QED) is 0.917. The van der Waals surface area contributed by atoms with Gasteiger partial charge in [0.1, 0.15) is 0 Å². The van der Waals surface area contributed by atoms with E-state index in [4.69, 9.17) is 11.6 Å². The van der Waals surface area contributed by atoms with Crippen LogP contribution in [0.1, 0.15) is 18.1 Å². The van der Waals surface area contributed by atoms with E-state index in [2.05, 4.69) is 4.98 Å². The first kappa shape index (κ1) is 13.1. The molecule has 0 aliphatic carbocycles. The molecule has 3 heteroatoms. The van der Waals surface area contributed by atoms with Crippen LogP contribution in [0.3, 0.4) is 0 Å². The molecule has 0 aliphatic rings. The van der Waals surface area contributed by atoms with Crippen molar-refractivity contribution in [3.8, 4) is 0 Å². The van der Waals surface area contributed by atoms with Crippen LogP contribution >= 0.6 is 11.6 Å². The molecule has 94 valence electrons. The third-order valence-electron chi connectivity index (χ3n) is 3.21. The van der Waals surface area contributed by atoms with Gasteiger partial charge in [0.15, 0.2) is 0 Å². The van der Waals surface area contributed by atoms with Gasteiger partial charge in [-0.2, -0.15) is 0 Å². The number of nitrogens with zero attached hydrogens (tertiary/aromatic N) is 1. The van der Waals surface area contributed by atoms with Crippen molar-refractivity contribution in [1.82, 2.24) is 4.98 Å². The zero-order valence-corrected chi connectivity index (χ0v) is 11.1. The minimum absolute atomic E-state index is 0.0790. The summed E-state index contributed by atoms with van der Waals surface area (Å²) in [6, 6.07) is 11.6. The van der Waals surface area contributed by atoms with Crippen LogP contribution in [-0.4, -0.2) is 16.7 Å². The molecule has 0 fully saturated rings. The lowest BCUT2D eigenvalue weighted by molar-refractivity contribution is 0.204. The van der Waals surface area contributed by atoms with Crippen LogP contribution in [0.5, 0.6) is 0 Å². The fourth-order valence-electron chi connectivity index (χ4n) is 2.06. The highest BCUT2D eigenvalue weighted by Gasteiger charge is 2.26. The number of aliphatic hydroxyl groups is 1. The predicted molar refractivity (Wildman–Crippen MR) is 73.8 cm³/mol. The SMILES string of the molecule is CC(CO)(Cc1ccncc1)c1cccc(Cl)c1. The van der Waals surface area contributed by atoms with Crippen molar-refractivity contribution in [1.29, 1.82) is 0 Å². The second-order valence-electron chi connectivity index (χ2n) is 4.76. The van der Waals surface area contributed by atoms with Crippen LogP contribution < -0.4 is 0 Å². The molecule has 0 saturated carbocycles. The third kappa shape index (κ3) is 2.89. The average molecular weight is 262 g/mol. The molecule has 18 heavy (non-hydrogen) atoms. The van der Waals surface area contributed by atoms with Crippen molar-refractivity contribution in [2.24, 2.45) is 0 Å². The lowest BCUT2D eigenvalue weighted by Crippen LogP contribution is -2.29. The summed E-state index contributed by atoms with van der Waals surface area (Å²) in [6.07, 6.45) is 4.29. The largest absolute Gasteiger partial charge is 0.395 e. The van der Waals surface area contributed by atoms with Crippen LogP contribution in [0.25, 0.3) is 0 Å². The Bertz CT molecular complexity index is 515. The van der Waals surface area contributed by atoms with Crippen molar-refractivity contribution < 1.29 is 5.11 Å². The van der Waals surface area contributed by atoms with Gasteiger partial charge in [-0.25, -0.2) is 0 Å². The van der Waals surface area contributed by atoms with Crippen LogP contribution in [0.15, 0.2) is 48.8 Å². The molecule has 1 atom stereocenters. The third-order valence-corrected chi connectivity index (χ3v) is 3.45. The average Bonchev–Trinajstić information content (AvgIpc) is 2.40. The Morgan fingerprint density at radius 3 is 2.56 bits per heavy atom. The lowest BCUT2D eigenvalue weighted by Gasteiger charge is -2.28. The van der Waals surface area contributed by atoms with E-state index < -0.39 is 0 Å². The van der Waals surface area contributed by atoms with Gasteiger partial charge in [-0.15, -0.1) is 0 Å². The smallest absolute Gasteiger partial charge is 0.0528 e. The summed E-state index contributed by atoms with van der Waals surface area (Å²) in [6.45, 7) is 2.12. The first-order valence-corrected chi connectivity index (χ1v) is 6.28. The summed E-state index contributed by atoms with van der Waals surface area (Å²) < 4.78 is 0. The maximum absolute atomic E-state index is 9.73. The predicted octanol–water partition coefficient (Wildman–Crippen LogP) is 3.23. The van der Waals surface area contributed by atoms with Crippen molar-refractivity contribution in [2.75, 3.05) is 6.61 Å². The molecule has 1 unspecified atom stereocenters. The van der Waals surface area contributed by atoms with E-state index in [0.29, 0.717) is 5.02 Å². The molecular formula is C15H16ClNO. The lowest BCUT2D eigenvalue weighted by atomic mass is 9.78. The Kier molecular flexibility index (Phi) is 4.00. The first-order chi connectivity index (χ1) is 8.64. The molecule has 2 nitrogen and oxygen atoms in total. The van der Waals surface area contributed by atoms with Crippen molar-refractivity contribution in [2.45, 2.75) is 18.8 Å². The Labute approximate surface area is 112 Å². The van der Waals surface area contributed by atoms with E-state index in [1.54, 1.807) is 12.4 Å². The van der Waals surface area contributed by atoms with Gasteiger partial charge in [-0.05, 0) is 41.8 Å². The van der Waals surface area contributed by atoms with Crippen molar-refractivity contribution in [3.63, 3.8) is 0 Å². The monoisotopic (exact) mass is 261 g/mol. The van der Waals surface area contributed by atoms with Gasteiger partial charge in [0.2, 0.25) is 0 Å². The van der Waals surface area contributed by atoms with Gasteiger partial charge < -0.3 is 5.11 Å². The topological polar surface area (TPSA) is 33.1 Å². The number of pyridine rings is 1. The molecule has 1 aromatic heterocycles. The van der Waals surface area contributed by atoms with Gasteiger partial charge in [0, 0.05) is 22.8 Å². The summed E-state index contributed by atoms with van der Waals surface area (Å²) in [5.41, 5.74) is 1.88. The van der Waals surface area contributed by atoms with E-state index in [9.17, 15) is 5.11 Å². The van der Waals surface area contributed by atoms with E-state index in [0.717, 1.165) is 17.5 Å². The molecule has 2 rings (SSSR count). The minimum atomic E-state index is -0.327. The maximum atomic E-state index is 9.73. The van der Waals surface area contributed by atoms with Gasteiger partial charge in [-0.3, -0.25) is 4.98 Å². The molecule has 1 aromatic carbocycles. The molecule has 0 saturated heterocycles. The number of aromatic nitrogens is 1. The van der Waals surface area contributed by atoms with E-state index >= 15 is 0 Å². The fourth-order valence-corrected chi connectivity index (χ4v) is 2.25. The number of aliphatic hydroxyl groups excluding tert-OH is 1. The highest BCUT2D eigenvalue weighted by Crippen LogP contribution is 2.29. The Hall–Kier alpha value is -1.38. The maximum Gasteiger partial charge on any atom is 0.0528 e. The van der Waals surface area contributed by atoms with Crippen LogP contribution in [0, 0.1) is 0 Å². The highest BCUT2D eigenvalue weighted by atomic mass is 35.5. The molecule has 0 spiro atoms. The summed E-state index contributed by atoms with van der Waals surface area (Å²) in [5, 5.41) is 10.4. The zero-order valence-electron chi connectivity index (χ0n) is 10.3. The fraction of sp³-hybridized carbons (Fsp3) is 0.267. The first-order valence-electron chi connectivity index (χ1n) is 5.90. The Morgan fingerprint density at radius 2 is 1.94 bits per heavy atom. The van der Waals surface area contributed by atoms with Crippen molar-refractivity contribution >= 4 is 11.6 Å². The van der Waals surface area contributed by atoms with Crippen LogP contribution in [0.4, 0.5) is 0 Å². The molecule has 1 N–H and O–H groups in total. The van der Waals surface area contributed by atoms with E-state index in [1.165, 1.54) is 0 Å². The molecular weight excluding hydrogens is 246 g/mol. The number of hydrogen-bond acceptors (Lipinski definition) is 2. The number of rotatable bonds is 4. The summed E-state index contributed by atoms with van der Waals surface area (Å²) in [7, 11) is 0. The van der Waals surface area contributed by atoms with Crippen LogP contribution in [-0.2, 0) is 11.8 Å². The molecule has 0 radical (unpaired) electrons. The highest BCUT2D eigenvalue weighted by molar-refractivity contribution is 6.30. The van der Waals surface area contributed by atoms with Gasteiger partial charge >= 0.3 is 0 Å². The summed E-state index contributed by atoms with van der Waals surface area (Å²) in [5.74, 6) is 0.